The predicted molar refractivity (Wildman–Crippen MR) is 78.5 cm³/mol. The minimum Gasteiger partial charge on any atom is -0.490 e. The molecule has 0 spiro atoms. The molecule has 104 valence electrons. The fourth-order valence-corrected chi connectivity index (χ4v) is 1.86. The standard InChI is InChI=1S/C16H17NO3/c1-3-19-15-6-4-5-7-16(15)20-12-8-9-13(11(2)18)14(17)10-12/h4-10H,3,17H2,1-2H3. The highest BCUT2D eigenvalue weighted by Crippen LogP contribution is 2.32. The zero-order chi connectivity index (χ0) is 14.5. The molecule has 4 nitrogen and oxygen atoms in total. The number of hydrogen-bond acceptors (Lipinski definition) is 4. The highest BCUT2D eigenvalue weighted by Gasteiger charge is 2.09. The Kier molecular flexibility index (Phi) is 4.25. The lowest BCUT2D eigenvalue weighted by Crippen LogP contribution is -2.00. The van der Waals surface area contributed by atoms with Gasteiger partial charge in [-0.05, 0) is 38.1 Å². The third kappa shape index (κ3) is 3.09. The van der Waals surface area contributed by atoms with Gasteiger partial charge in [0.15, 0.2) is 17.3 Å². The van der Waals surface area contributed by atoms with Gasteiger partial charge in [0.1, 0.15) is 5.75 Å². The smallest absolute Gasteiger partial charge is 0.169 e. The summed E-state index contributed by atoms with van der Waals surface area (Å²) in [4.78, 5) is 11.3. The quantitative estimate of drug-likeness (QED) is 0.666. The number of hydrogen-bond donors (Lipinski definition) is 1. The summed E-state index contributed by atoms with van der Waals surface area (Å²) >= 11 is 0. The van der Waals surface area contributed by atoms with Crippen LogP contribution in [0, 0.1) is 0 Å². The van der Waals surface area contributed by atoms with Gasteiger partial charge in [-0.2, -0.15) is 0 Å². The van der Waals surface area contributed by atoms with Gasteiger partial charge in [0, 0.05) is 17.3 Å². The van der Waals surface area contributed by atoms with E-state index in [1.807, 2.05) is 31.2 Å². The van der Waals surface area contributed by atoms with E-state index in [4.69, 9.17) is 15.2 Å². The molecule has 0 radical (unpaired) electrons. The molecule has 0 saturated heterocycles. The van der Waals surface area contributed by atoms with Crippen LogP contribution in [0.3, 0.4) is 0 Å². The van der Waals surface area contributed by atoms with Gasteiger partial charge in [-0.1, -0.05) is 12.1 Å². The largest absolute Gasteiger partial charge is 0.490 e. The van der Waals surface area contributed by atoms with E-state index in [1.165, 1.54) is 6.92 Å². The van der Waals surface area contributed by atoms with Crippen LogP contribution in [0.25, 0.3) is 0 Å². The number of rotatable bonds is 5. The summed E-state index contributed by atoms with van der Waals surface area (Å²) in [7, 11) is 0. The van der Waals surface area contributed by atoms with Gasteiger partial charge in [0.05, 0.1) is 6.61 Å². The van der Waals surface area contributed by atoms with Crippen LogP contribution in [0.2, 0.25) is 0 Å². The van der Waals surface area contributed by atoms with Gasteiger partial charge in [-0.15, -0.1) is 0 Å². The number of Topliss-reactive ketones (excluding diaryl/α,β-unsaturated/α-hetero) is 1. The number of carbonyl (C=O) groups is 1. The minimum atomic E-state index is -0.0660. The van der Waals surface area contributed by atoms with Crippen LogP contribution in [-0.4, -0.2) is 12.4 Å². The maximum Gasteiger partial charge on any atom is 0.169 e. The Morgan fingerprint density at radius 2 is 1.85 bits per heavy atom. The van der Waals surface area contributed by atoms with Gasteiger partial charge in [-0.25, -0.2) is 0 Å². The first kappa shape index (κ1) is 13.9. The van der Waals surface area contributed by atoms with E-state index in [2.05, 4.69) is 0 Å². The first-order chi connectivity index (χ1) is 9.61. The van der Waals surface area contributed by atoms with Crippen molar-refractivity contribution >= 4 is 11.5 Å². The van der Waals surface area contributed by atoms with Crippen molar-refractivity contribution in [1.29, 1.82) is 0 Å². The molecule has 0 aliphatic rings. The zero-order valence-electron chi connectivity index (χ0n) is 11.6. The average Bonchev–Trinajstić information content (AvgIpc) is 2.41. The lowest BCUT2D eigenvalue weighted by Gasteiger charge is -2.12. The fraction of sp³-hybridized carbons (Fsp3) is 0.188. The highest BCUT2D eigenvalue weighted by molar-refractivity contribution is 5.99. The van der Waals surface area contributed by atoms with E-state index in [1.54, 1.807) is 18.2 Å². The number of para-hydroxylation sites is 2. The first-order valence-corrected chi connectivity index (χ1v) is 6.42. The van der Waals surface area contributed by atoms with Crippen molar-refractivity contribution in [2.24, 2.45) is 0 Å². The van der Waals surface area contributed by atoms with E-state index < -0.39 is 0 Å². The number of carbonyl (C=O) groups excluding carboxylic acids is 1. The molecule has 0 aromatic heterocycles. The first-order valence-electron chi connectivity index (χ1n) is 6.42. The van der Waals surface area contributed by atoms with Gasteiger partial charge >= 0.3 is 0 Å². The predicted octanol–water partition coefficient (Wildman–Crippen LogP) is 3.66. The second-order valence-corrected chi connectivity index (χ2v) is 4.29. The molecule has 2 N–H and O–H groups in total. The van der Waals surface area contributed by atoms with Crippen molar-refractivity contribution in [1.82, 2.24) is 0 Å². The normalized spacial score (nSPS) is 10.1. The van der Waals surface area contributed by atoms with Gasteiger partial charge in [0.25, 0.3) is 0 Å². The third-order valence-corrected chi connectivity index (χ3v) is 2.78. The molecule has 0 unspecified atom stereocenters. The van der Waals surface area contributed by atoms with E-state index in [-0.39, 0.29) is 5.78 Å². The molecule has 0 bridgehead atoms. The van der Waals surface area contributed by atoms with Gasteiger partial charge < -0.3 is 15.2 Å². The maximum atomic E-state index is 11.3. The molecule has 0 saturated carbocycles. The lowest BCUT2D eigenvalue weighted by atomic mass is 10.1. The van der Waals surface area contributed by atoms with Crippen LogP contribution < -0.4 is 15.2 Å². The topological polar surface area (TPSA) is 61.5 Å². The van der Waals surface area contributed by atoms with Crippen molar-refractivity contribution in [2.75, 3.05) is 12.3 Å². The Morgan fingerprint density at radius 3 is 2.45 bits per heavy atom. The molecule has 20 heavy (non-hydrogen) atoms. The fourth-order valence-electron chi connectivity index (χ4n) is 1.86. The summed E-state index contributed by atoms with van der Waals surface area (Å²) in [5, 5.41) is 0. The van der Waals surface area contributed by atoms with Crippen LogP contribution in [-0.2, 0) is 0 Å². The number of anilines is 1. The van der Waals surface area contributed by atoms with Crippen molar-refractivity contribution in [3.63, 3.8) is 0 Å². The van der Waals surface area contributed by atoms with Crippen molar-refractivity contribution in [3.8, 4) is 17.2 Å². The summed E-state index contributed by atoms with van der Waals surface area (Å²) in [6, 6.07) is 12.4. The van der Waals surface area contributed by atoms with E-state index >= 15 is 0 Å². The molecule has 0 fully saturated rings. The lowest BCUT2D eigenvalue weighted by molar-refractivity contribution is 0.101. The van der Waals surface area contributed by atoms with Crippen LogP contribution in [0.15, 0.2) is 42.5 Å². The Balaban J connectivity index is 2.26. The van der Waals surface area contributed by atoms with Crippen LogP contribution in [0.1, 0.15) is 24.2 Å². The Morgan fingerprint density at radius 1 is 1.15 bits per heavy atom. The maximum absolute atomic E-state index is 11.3. The Labute approximate surface area is 118 Å². The van der Waals surface area contributed by atoms with Crippen molar-refractivity contribution < 1.29 is 14.3 Å². The van der Waals surface area contributed by atoms with Gasteiger partial charge in [-0.3, -0.25) is 4.79 Å². The van der Waals surface area contributed by atoms with Crippen LogP contribution in [0.4, 0.5) is 5.69 Å². The molecule has 4 heteroatoms. The molecule has 2 aromatic rings. The molecule has 2 rings (SSSR count). The van der Waals surface area contributed by atoms with Crippen molar-refractivity contribution in [3.05, 3.63) is 48.0 Å². The number of ether oxygens (including phenoxy) is 2. The second-order valence-electron chi connectivity index (χ2n) is 4.29. The molecular weight excluding hydrogens is 254 g/mol. The van der Waals surface area contributed by atoms with E-state index in [0.29, 0.717) is 35.1 Å². The monoisotopic (exact) mass is 271 g/mol. The van der Waals surface area contributed by atoms with E-state index in [0.717, 1.165) is 0 Å². The summed E-state index contributed by atoms with van der Waals surface area (Å²) in [5.74, 6) is 1.79. The summed E-state index contributed by atoms with van der Waals surface area (Å²) in [5.41, 5.74) is 6.74. The number of nitrogen functional groups attached to an aromatic ring is 1. The number of nitrogens with two attached hydrogens (primary N) is 1. The molecule has 0 amide bonds. The Bertz CT molecular complexity index is 623. The number of benzene rings is 2. The van der Waals surface area contributed by atoms with Crippen LogP contribution in [0.5, 0.6) is 17.2 Å². The molecule has 0 heterocycles. The highest BCUT2D eigenvalue weighted by atomic mass is 16.5. The second kappa shape index (κ2) is 6.10. The molecule has 0 atom stereocenters. The number of ketones is 1. The average molecular weight is 271 g/mol. The Hall–Kier alpha value is -2.49. The molecule has 0 aliphatic heterocycles. The zero-order valence-corrected chi connectivity index (χ0v) is 11.6. The SMILES string of the molecule is CCOc1ccccc1Oc1ccc(C(C)=O)c(N)c1. The van der Waals surface area contributed by atoms with E-state index in [9.17, 15) is 4.79 Å². The molecule has 0 aliphatic carbocycles. The third-order valence-electron chi connectivity index (χ3n) is 2.78. The van der Waals surface area contributed by atoms with Crippen molar-refractivity contribution in [2.45, 2.75) is 13.8 Å². The summed E-state index contributed by atoms with van der Waals surface area (Å²) in [6.07, 6.45) is 0. The summed E-state index contributed by atoms with van der Waals surface area (Å²) < 4.78 is 11.3. The van der Waals surface area contributed by atoms with Gasteiger partial charge in [0.2, 0.25) is 0 Å². The molecular formula is C16H17NO3. The summed E-state index contributed by atoms with van der Waals surface area (Å²) in [6.45, 7) is 3.96. The minimum absolute atomic E-state index is 0.0660. The van der Waals surface area contributed by atoms with Crippen LogP contribution >= 0.6 is 0 Å². The molecule has 2 aromatic carbocycles.